The van der Waals surface area contributed by atoms with Gasteiger partial charge >= 0.3 is 0 Å². The number of hydrogen-bond donors (Lipinski definition) is 1. The first kappa shape index (κ1) is 13.1. The van der Waals surface area contributed by atoms with Crippen molar-refractivity contribution in [3.8, 4) is 0 Å². The van der Waals surface area contributed by atoms with Gasteiger partial charge in [0.15, 0.2) is 0 Å². The number of halogens is 1. The maximum absolute atomic E-state index is 13.9. The highest BCUT2D eigenvalue weighted by Gasteiger charge is 2.32. The smallest absolute Gasteiger partial charge is 0.131 e. The lowest BCUT2D eigenvalue weighted by molar-refractivity contribution is 0.104. The van der Waals surface area contributed by atoms with Gasteiger partial charge in [-0.15, -0.1) is 0 Å². The first-order valence-corrected chi connectivity index (χ1v) is 6.54. The Morgan fingerprint density at radius 1 is 1.39 bits per heavy atom. The van der Waals surface area contributed by atoms with Gasteiger partial charge in [0, 0.05) is 13.1 Å². The number of anilines is 2. The van der Waals surface area contributed by atoms with Gasteiger partial charge in [0.25, 0.3) is 0 Å². The van der Waals surface area contributed by atoms with Crippen molar-refractivity contribution in [1.29, 1.82) is 0 Å². The average Bonchev–Trinajstić information content (AvgIpc) is 2.28. The summed E-state index contributed by atoms with van der Waals surface area (Å²) in [4.78, 5) is 6.63. The van der Waals surface area contributed by atoms with Crippen molar-refractivity contribution < 1.29 is 4.39 Å². The van der Waals surface area contributed by atoms with E-state index >= 15 is 0 Å². The molecular formula is C14H22FN3. The van der Waals surface area contributed by atoms with Gasteiger partial charge in [-0.3, -0.25) is 0 Å². The third kappa shape index (κ3) is 2.74. The van der Waals surface area contributed by atoms with Gasteiger partial charge < -0.3 is 10.6 Å². The fourth-order valence-electron chi connectivity index (χ4n) is 2.70. The van der Waals surface area contributed by atoms with Crippen molar-refractivity contribution in [2.24, 2.45) is 5.92 Å². The lowest BCUT2D eigenvalue weighted by atomic mass is 9.84. The summed E-state index contributed by atoms with van der Waals surface area (Å²) in [5.74, 6) is 1.14. The fourth-order valence-corrected chi connectivity index (χ4v) is 2.70. The molecule has 1 saturated heterocycles. The molecule has 0 aliphatic carbocycles. The van der Waals surface area contributed by atoms with Crippen LogP contribution in [-0.2, 0) is 0 Å². The molecule has 0 atom stereocenters. The van der Waals surface area contributed by atoms with Gasteiger partial charge in [-0.2, -0.15) is 0 Å². The predicted octanol–water partition coefficient (Wildman–Crippen LogP) is 2.94. The second-order valence-electron chi connectivity index (χ2n) is 5.73. The number of aromatic nitrogens is 1. The Labute approximate surface area is 108 Å². The van der Waals surface area contributed by atoms with E-state index in [1.54, 1.807) is 20.0 Å². The Balaban J connectivity index is 2.06. The summed E-state index contributed by atoms with van der Waals surface area (Å²) in [5, 5.41) is 0. The van der Waals surface area contributed by atoms with Gasteiger partial charge in [0.1, 0.15) is 11.5 Å². The SMILES string of the molecule is Cc1cc(N)cnc1N1CCC(C(C)(C)F)CC1. The van der Waals surface area contributed by atoms with E-state index in [9.17, 15) is 4.39 Å². The maximum atomic E-state index is 13.9. The summed E-state index contributed by atoms with van der Waals surface area (Å²) in [6, 6.07) is 1.94. The lowest BCUT2D eigenvalue weighted by Gasteiger charge is -2.37. The first-order chi connectivity index (χ1) is 8.38. The Bertz CT molecular complexity index is 418. The molecule has 0 unspecified atom stereocenters. The Morgan fingerprint density at radius 3 is 2.50 bits per heavy atom. The average molecular weight is 251 g/mol. The largest absolute Gasteiger partial charge is 0.397 e. The number of aryl methyl sites for hydroxylation is 1. The van der Waals surface area contributed by atoms with Crippen molar-refractivity contribution in [1.82, 2.24) is 4.98 Å². The quantitative estimate of drug-likeness (QED) is 0.878. The molecular weight excluding hydrogens is 229 g/mol. The number of nitrogen functional groups attached to an aromatic ring is 1. The van der Waals surface area contributed by atoms with Crippen LogP contribution in [0.1, 0.15) is 32.3 Å². The number of alkyl halides is 1. The van der Waals surface area contributed by atoms with Crippen LogP contribution in [0.3, 0.4) is 0 Å². The normalized spacial score (nSPS) is 18.1. The first-order valence-electron chi connectivity index (χ1n) is 6.54. The molecule has 0 spiro atoms. The van der Waals surface area contributed by atoms with Crippen LogP contribution in [0.25, 0.3) is 0 Å². The highest BCUT2D eigenvalue weighted by molar-refractivity contribution is 5.52. The Morgan fingerprint density at radius 2 is 2.00 bits per heavy atom. The number of pyridine rings is 1. The van der Waals surface area contributed by atoms with E-state index in [0.717, 1.165) is 37.3 Å². The van der Waals surface area contributed by atoms with Crippen LogP contribution < -0.4 is 10.6 Å². The molecule has 0 aromatic carbocycles. The summed E-state index contributed by atoms with van der Waals surface area (Å²) in [6.07, 6.45) is 3.46. The van der Waals surface area contributed by atoms with Crippen molar-refractivity contribution in [3.05, 3.63) is 17.8 Å². The number of hydrogen-bond acceptors (Lipinski definition) is 3. The second kappa shape index (κ2) is 4.75. The second-order valence-corrected chi connectivity index (χ2v) is 5.73. The van der Waals surface area contributed by atoms with Gasteiger partial charge in [-0.1, -0.05) is 0 Å². The summed E-state index contributed by atoms with van der Waals surface area (Å²) < 4.78 is 13.9. The van der Waals surface area contributed by atoms with E-state index in [0.29, 0.717) is 5.69 Å². The third-order valence-electron chi connectivity index (χ3n) is 3.84. The summed E-state index contributed by atoms with van der Waals surface area (Å²) >= 11 is 0. The minimum Gasteiger partial charge on any atom is -0.397 e. The highest BCUT2D eigenvalue weighted by atomic mass is 19.1. The number of nitrogens with two attached hydrogens (primary N) is 1. The number of piperidine rings is 1. The molecule has 2 heterocycles. The number of rotatable bonds is 2. The molecule has 1 fully saturated rings. The zero-order chi connectivity index (χ0) is 13.3. The Kier molecular flexibility index (Phi) is 3.46. The topological polar surface area (TPSA) is 42.1 Å². The lowest BCUT2D eigenvalue weighted by Crippen LogP contribution is -2.40. The van der Waals surface area contributed by atoms with E-state index in [4.69, 9.17) is 5.73 Å². The molecule has 1 aliphatic rings. The molecule has 2 N–H and O–H groups in total. The van der Waals surface area contributed by atoms with Crippen LogP contribution in [0.15, 0.2) is 12.3 Å². The minimum atomic E-state index is -1.07. The van der Waals surface area contributed by atoms with Gasteiger partial charge in [0.05, 0.1) is 11.9 Å². The molecule has 1 aromatic heterocycles. The van der Waals surface area contributed by atoms with Crippen molar-refractivity contribution in [2.75, 3.05) is 23.7 Å². The van der Waals surface area contributed by atoms with E-state index in [2.05, 4.69) is 9.88 Å². The summed E-state index contributed by atoms with van der Waals surface area (Å²) in [6.45, 7) is 7.12. The maximum Gasteiger partial charge on any atom is 0.131 e. The molecule has 0 radical (unpaired) electrons. The number of nitrogens with zero attached hydrogens (tertiary/aromatic N) is 2. The standard InChI is InChI=1S/C14H22FN3/c1-10-8-12(16)9-17-13(10)18-6-4-11(5-7-18)14(2,3)15/h8-9,11H,4-7,16H2,1-3H3. The molecule has 3 nitrogen and oxygen atoms in total. The van der Waals surface area contributed by atoms with Crippen LogP contribution in [0.4, 0.5) is 15.9 Å². The van der Waals surface area contributed by atoms with Crippen LogP contribution in [-0.4, -0.2) is 23.7 Å². The van der Waals surface area contributed by atoms with E-state index < -0.39 is 5.67 Å². The molecule has 0 saturated carbocycles. The zero-order valence-electron chi connectivity index (χ0n) is 11.4. The molecule has 2 rings (SSSR count). The molecule has 1 aromatic rings. The monoisotopic (exact) mass is 251 g/mol. The van der Waals surface area contributed by atoms with E-state index in [-0.39, 0.29) is 5.92 Å². The van der Waals surface area contributed by atoms with Crippen molar-refractivity contribution in [2.45, 2.75) is 39.3 Å². The third-order valence-corrected chi connectivity index (χ3v) is 3.84. The van der Waals surface area contributed by atoms with Crippen molar-refractivity contribution >= 4 is 11.5 Å². The van der Waals surface area contributed by atoms with Gasteiger partial charge in [-0.25, -0.2) is 9.37 Å². The van der Waals surface area contributed by atoms with Crippen LogP contribution in [0.2, 0.25) is 0 Å². The molecule has 100 valence electrons. The summed E-state index contributed by atoms with van der Waals surface area (Å²) in [5.41, 5.74) is 6.41. The predicted molar refractivity (Wildman–Crippen MR) is 73.5 cm³/mol. The van der Waals surface area contributed by atoms with Crippen molar-refractivity contribution in [3.63, 3.8) is 0 Å². The molecule has 0 amide bonds. The van der Waals surface area contributed by atoms with Crippen LogP contribution in [0.5, 0.6) is 0 Å². The summed E-state index contributed by atoms with van der Waals surface area (Å²) in [7, 11) is 0. The van der Waals surface area contributed by atoms with Gasteiger partial charge in [0.2, 0.25) is 0 Å². The van der Waals surface area contributed by atoms with Crippen LogP contribution in [0, 0.1) is 12.8 Å². The Hall–Kier alpha value is -1.32. The molecule has 0 bridgehead atoms. The minimum absolute atomic E-state index is 0.155. The van der Waals surface area contributed by atoms with Gasteiger partial charge in [-0.05, 0) is 51.2 Å². The molecule has 1 aliphatic heterocycles. The van der Waals surface area contributed by atoms with Crippen LogP contribution >= 0.6 is 0 Å². The van der Waals surface area contributed by atoms with E-state index in [1.807, 2.05) is 13.0 Å². The molecule has 18 heavy (non-hydrogen) atoms. The fraction of sp³-hybridized carbons (Fsp3) is 0.643. The van der Waals surface area contributed by atoms with E-state index in [1.165, 1.54) is 0 Å². The molecule has 4 heteroatoms. The zero-order valence-corrected chi connectivity index (χ0v) is 11.4. The highest BCUT2D eigenvalue weighted by Crippen LogP contribution is 2.33.